The number of rotatable bonds is 2. The molecule has 2 aromatic rings. The van der Waals surface area contributed by atoms with Gasteiger partial charge in [0.15, 0.2) is 11.5 Å². The lowest BCUT2D eigenvalue weighted by molar-refractivity contribution is 0.403. The normalized spacial score (nSPS) is 10.9. The summed E-state index contributed by atoms with van der Waals surface area (Å²) in [6, 6.07) is 6.29. The van der Waals surface area contributed by atoms with Crippen molar-refractivity contribution in [3.05, 3.63) is 47.2 Å². The molecule has 0 radical (unpaired) electrons. The summed E-state index contributed by atoms with van der Waals surface area (Å²) < 4.78 is 0. The predicted molar refractivity (Wildman–Crippen MR) is 66.3 cm³/mol. The summed E-state index contributed by atoms with van der Waals surface area (Å²) in [5, 5.41) is 19.3. The number of halogens is 1. The van der Waals surface area contributed by atoms with Gasteiger partial charge >= 0.3 is 0 Å². The smallest absolute Gasteiger partial charge is 0.166 e. The summed E-state index contributed by atoms with van der Waals surface area (Å²) in [7, 11) is 0. The number of aromatic hydroxyl groups is 2. The Balaban J connectivity index is 2.33. The number of aromatic nitrogens is 1. The van der Waals surface area contributed by atoms with E-state index in [9.17, 15) is 10.2 Å². The molecule has 0 unspecified atom stereocenters. The molecule has 86 valence electrons. The van der Waals surface area contributed by atoms with Crippen LogP contribution in [0.2, 0.25) is 5.02 Å². The third-order valence-electron chi connectivity index (χ3n) is 2.08. The summed E-state index contributed by atoms with van der Waals surface area (Å²) in [6.07, 6.45) is 4.64. The molecule has 0 bridgehead atoms. The SMILES string of the molecule is Oc1cc(Cl)cc(C=Nc2cccnc2)c1O. The van der Waals surface area contributed by atoms with Crippen LogP contribution in [0.15, 0.2) is 41.7 Å². The van der Waals surface area contributed by atoms with Gasteiger partial charge in [0.05, 0.1) is 11.9 Å². The molecule has 1 aromatic heterocycles. The highest BCUT2D eigenvalue weighted by Gasteiger charge is 2.06. The van der Waals surface area contributed by atoms with Crippen molar-refractivity contribution in [1.82, 2.24) is 4.98 Å². The molecule has 0 spiro atoms. The molecular formula is C12H9ClN2O2. The highest BCUT2D eigenvalue weighted by Crippen LogP contribution is 2.31. The summed E-state index contributed by atoms with van der Waals surface area (Å²) in [5.41, 5.74) is 0.991. The number of nitrogens with zero attached hydrogens (tertiary/aromatic N) is 2. The van der Waals surface area contributed by atoms with Crippen LogP contribution in [0, 0.1) is 0 Å². The molecule has 0 fully saturated rings. The van der Waals surface area contributed by atoms with Gasteiger partial charge in [-0.05, 0) is 18.2 Å². The monoisotopic (exact) mass is 248 g/mol. The van der Waals surface area contributed by atoms with Gasteiger partial charge in [-0.1, -0.05) is 11.6 Å². The topological polar surface area (TPSA) is 65.7 Å². The standard InChI is InChI=1S/C12H9ClN2O2/c13-9-4-8(12(17)11(16)5-9)6-15-10-2-1-3-14-7-10/h1-7,16-17H. The first-order valence-corrected chi connectivity index (χ1v) is 5.20. The molecule has 0 aliphatic rings. The van der Waals surface area contributed by atoms with Crippen LogP contribution in [-0.4, -0.2) is 21.4 Å². The van der Waals surface area contributed by atoms with E-state index in [1.165, 1.54) is 18.3 Å². The van der Waals surface area contributed by atoms with Crippen LogP contribution in [0.5, 0.6) is 11.5 Å². The Labute approximate surface area is 103 Å². The van der Waals surface area contributed by atoms with Crippen molar-refractivity contribution in [2.24, 2.45) is 4.99 Å². The zero-order chi connectivity index (χ0) is 12.3. The maximum atomic E-state index is 9.58. The van der Waals surface area contributed by atoms with Gasteiger partial charge in [0, 0.05) is 29.1 Å². The Bertz CT molecular complexity index is 556. The molecule has 17 heavy (non-hydrogen) atoms. The van der Waals surface area contributed by atoms with Crippen LogP contribution in [-0.2, 0) is 0 Å². The zero-order valence-corrected chi connectivity index (χ0v) is 9.46. The molecule has 2 rings (SSSR count). The Morgan fingerprint density at radius 1 is 1.29 bits per heavy atom. The van der Waals surface area contributed by atoms with Gasteiger partial charge in [-0.15, -0.1) is 0 Å². The third-order valence-corrected chi connectivity index (χ3v) is 2.30. The summed E-state index contributed by atoms with van der Waals surface area (Å²) in [6.45, 7) is 0. The van der Waals surface area contributed by atoms with Crippen LogP contribution in [0.1, 0.15) is 5.56 Å². The quantitative estimate of drug-likeness (QED) is 0.634. The van der Waals surface area contributed by atoms with E-state index < -0.39 is 0 Å². The van der Waals surface area contributed by atoms with Crippen molar-refractivity contribution in [3.63, 3.8) is 0 Å². The van der Waals surface area contributed by atoms with E-state index in [0.717, 1.165) is 0 Å². The van der Waals surface area contributed by atoms with Crippen LogP contribution in [0.3, 0.4) is 0 Å². The molecule has 1 heterocycles. The van der Waals surface area contributed by atoms with Gasteiger partial charge in [-0.2, -0.15) is 0 Å². The molecular weight excluding hydrogens is 240 g/mol. The van der Waals surface area contributed by atoms with Crippen LogP contribution in [0.25, 0.3) is 0 Å². The van der Waals surface area contributed by atoms with Crippen molar-refractivity contribution in [3.8, 4) is 11.5 Å². The Morgan fingerprint density at radius 3 is 2.82 bits per heavy atom. The molecule has 0 aliphatic heterocycles. The van der Waals surface area contributed by atoms with Crippen molar-refractivity contribution < 1.29 is 10.2 Å². The second kappa shape index (κ2) is 4.84. The lowest BCUT2D eigenvalue weighted by Gasteiger charge is -2.02. The number of hydrogen-bond donors (Lipinski definition) is 2. The van der Waals surface area contributed by atoms with E-state index in [2.05, 4.69) is 9.98 Å². The molecule has 0 aliphatic carbocycles. The van der Waals surface area contributed by atoms with Gasteiger partial charge in [0.25, 0.3) is 0 Å². The zero-order valence-electron chi connectivity index (χ0n) is 8.71. The lowest BCUT2D eigenvalue weighted by atomic mass is 10.2. The fourth-order valence-electron chi connectivity index (χ4n) is 1.28. The Hall–Kier alpha value is -2.07. The highest BCUT2D eigenvalue weighted by molar-refractivity contribution is 6.31. The van der Waals surface area contributed by atoms with E-state index in [1.807, 2.05) is 0 Å². The number of phenols is 2. The molecule has 0 atom stereocenters. The molecule has 0 saturated carbocycles. The fraction of sp³-hybridized carbons (Fsp3) is 0. The van der Waals surface area contributed by atoms with Crippen molar-refractivity contribution in [2.45, 2.75) is 0 Å². The van der Waals surface area contributed by atoms with Gasteiger partial charge in [-0.3, -0.25) is 9.98 Å². The minimum absolute atomic E-state index is 0.248. The Morgan fingerprint density at radius 2 is 2.12 bits per heavy atom. The second-order valence-electron chi connectivity index (χ2n) is 3.33. The van der Waals surface area contributed by atoms with E-state index in [-0.39, 0.29) is 11.5 Å². The number of pyridine rings is 1. The van der Waals surface area contributed by atoms with Crippen LogP contribution < -0.4 is 0 Å². The Kier molecular flexibility index (Phi) is 3.25. The minimum atomic E-state index is -0.273. The second-order valence-corrected chi connectivity index (χ2v) is 3.77. The first-order valence-electron chi connectivity index (χ1n) is 4.82. The van der Waals surface area contributed by atoms with E-state index in [1.54, 1.807) is 24.5 Å². The average Bonchev–Trinajstić information content (AvgIpc) is 2.33. The largest absolute Gasteiger partial charge is 0.504 e. The lowest BCUT2D eigenvalue weighted by Crippen LogP contribution is -1.83. The average molecular weight is 249 g/mol. The van der Waals surface area contributed by atoms with Crippen LogP contribution >= 0.6 is 11.6 Å². The number of aliphatic imine (C=N–C) groups is 1. The van der Waals surface area contributed by atoms with Crippen molar-refractivity contribution >= 4 is 23.5 Å². The molecule has 2 N–H and O–H groups in total. The minimum Gasteiger partial charge on any atom is -0.504 e. The fourth-order valence-corrected chi connectivity index (χ4v) is 1.50. The maximum Gasteiger partial charge on any atom is 0.166 e. The van der Waals surface area contributed by atoms with Gasteiger partial charge in [-0.25, -0.2) is 0 Å². The predicted octanol–water partition coefficient (Wildman–Crippen LogP) is 2.90. The number of phenolic OH excluding ortho intramolecular Hbond substituents is 2. The molecule has 0 amide bonds. The molecule has 4 nitrogen and oxygen atoms in total. The first kappa shape index (κ1) is 11.4. The molecule has 1 aromatic carbocycles. The van der Waals surface area contributed by atoms with E-state index in [4.69, 9.17) is 11.6 Å². The first-order chi connectivity index (χ1) is 8.16. The van der Waals surface area contributed by atoms with Gasteiger partial charge in [0.1, 0.15) is 0 Å². The number of hydrogen-bond acceptors (Lipinski definition) is 4. The maximum absolute atomic E-state index is 9.58. The van der Waals surface area contributed by atoms with Crippen molar-refractivity contribution in [2.75, 3.05) is 0 Å². The van der Waals surface area contributed by atoms with Crippen LogP contribution in [0.4, 0.5) is 5.69 Å². The van der Waals surface area contributed by atoms with Crippen molar-refractivity contribution in [1.29, 1.82) is 0 Å². The summed E-state index contributed by atoms with van der Waals surface area (Å²) in [5.74, 6) is -0.521. The molecule has 5 heteroatoms. The third kappa shape index (κ3) is 2.73. The van der Waals surface area contributed by atoms with Gasteiger partial charge < -0.3 is 10.2 Å². The molecule has 0 saturated heterocycles. The van der Waals surface area contributed by atoms with Gasteiger partial charge in [0.2, 0.25) is 0 Å². The number of benzene rings is 1. The highest BCUT2D eigenvalue weighted by atomic mass is 35.5. The summed E-state index contributed by atoms with van der Waals surface area (Å²) >= 11 is 5.76. The van der Waals surface area contributed by atoms with E-state index >= 15 is 0 Å². The summed E-state index contributed by atoms with van der Waals surface area (Å²) in [4.78, 5) is 8.01. The van der Waals surface area contributed by atoms with E-state index in [0.29, 0.717) is 16.3 Å².